The molecule has 3 aromatic heterocycles. The zero-order chi connectivity index (χ0) is 14.9. The lowest BCUT2D eigenvalue weighted by Crippen LogP contribution is -2.08. The second-order valence-corrected chi connectivity index (χ2v) is 4.98. The van der Waals surface area contributed by atoms with Crippen LogP contribution in [0, 0.1) is 0 Å². The number of aromatic amines is 1. The average Bonchev–Trinajstić information content (AvgIpc) is 3.05. The van der Waals surface area contributed by atoms with Crippen LogP contribution in [0.15, 0.2) is 72.0 Å². The molecular weight excluding hydrogens is 276 g/mol. The molecule has 5 heteroatoms. The Kier molecular flexibility index (Phi) is 2.83. The lowest BCUT2D eigenvalue weighted by Gasteiger charge is -2.01. The van der Waals surface area contributed by atoms with Gasteiger partial charge in [0.25, 0.3) is 5.56 Å². The maximum absolute atomic E-state index is 12.3. The molecule has 0 amide bonds. The first-order chi connectivity index (χ1) is 10.8. The summed E-state index contributed by atoms with van der Waals surface area (Å²) in [5.41, 5.74) is 2.92. The van der Waals surface area contributed by atoms with E-state index in [-0.39, 0.29) is 5.56 Å². The van der Waals surface area contributed by atoms with Gasteiger partial charge in [0.2, 0.25) is 0 Å². The van der Waals surface area contributed by atoms with E-state index >= 15 is 0 Å². The van der Waals surface area contributed by atoms with Crippen molar-refractivity contribution < 1.29 is 0 Å². The predicted octanol–water partition coefficient (Wildman–Crippen LogP) is 2.78. The minimum atomic E-state index is -0.145. The predicted molar refractivity (Wildman–Crippen MR) is 84.9 cm³/mol. The molecule has 3 heterocycles. The van der Waals surface area contributed by atoms with Crippen LogP contribution in [0.5, 0.6) is 0 Å². The Bertz CT molecular complexity index is 1000. The van der Waals surface area contributed by atoms with Crippen molar-refractivity contribution in [3.05, 3.63) is 77.6 Å². The molecule has 0 spiro atoms. The molecule has 1 aromatic carbocycles. The number of hydrogen-bond donors (Lipinski definition) is 1. The van der Waals surface area contributed by atoms with E-state index in [2.05, 4.69) is 15.1 Å². The molecule has 22 heavy (non-hydrogen) atoms. The van der Waals surface area contributed by atoms with Crippen molar-refractivity contribution in [1.82, 2.24) is 19.7 Å². The minimum Gasteiger partial charge on any atom is -0.320 e. The maximum atomic E-state index is 12.3. The highest BCUT2D eigenvalue weighted by Gasteiger charge is 2.08. The van der Waals surface area contributed by atoms with Crippen molar-refractivity contribution in [1.29, 1.82) is 0 Å². The number of H-pyrrole nitrogens is 1. The Morgan fingerprint density at radius 3 is 2.77 bits per heavy atom. The summed E-state index contributed by atoms with van der Waals surface area (Å²) in [5.74, 6) is 0. The van der Waals surface area contributed by atoms with E-state index in [4.69, 9.17) is 0 Å². The number of benzene rings is 1. The van der Waals surface area contributed by atoms with Gasteiger partial charge in [0.05, 0.1) is 29.2 Å². The van der Waals surface area contributed by atoms with Gasteiger partial charge in [-0.3, -0.25) is 9.78 Å². The number of pyridine rings is 2. The molecule has 4 rings (SSSR count). The summed E-state index contributed by atoms with van der Waals surface area (Å²) >= 11 is 0. The quantitative estimate of drug-likeness (QED) is 0.617. The van der Waals surface area contributed by atoms with Crippen LogP contribution in [0.4, 0.5) is 0 Å². The van der Waals surface area contributed by atoms with Crippen LogP contribution in [0.1, 0.15) is 0 Å². The molecule has 1 N–H and O–H groups in total. The summed E-state index contributed by atoms with van der Waals surface area (Å²) in [6.07, 6.45) is 6.91. The van der Waals surface area contributed by atoms with Gasteiger partial charge in [-0.15, -0.1) is 0 Å². The van der Waals surface area contributed by atoms with Crippen molar-refractivity contribution >= 4 is 10.9 Å². The van der Waals surface area contributed by atoms with Crippen LogP contribution in [0.25, 0.3) is 27.7 Å². The number of aromatic nitrogens is 4. The maximum Gasteiger partial charge on any atom is 0.256 e. The topological polar surface area (TPSA) is 63.6 Å². The fourth-order valence-corrected chi connectivity index (χ4v) is 2.44. The molecule has 0 fully saturated rings. The van der Waals surface area contributed by atoms with Crippen LogP contribution in [0.3, 0.4) is 0 Å². The fraction of sp³-hybridized carbons (Fsp3) is 0. The number of nitrogens with one attached hydrogen (secondary N) is 1. The number of para-hydroxylation sites is 1. The molecule has 0 saturated carbocycles. The average molecular weight is 288 g/mol. The van der Waals surface area contributed by atoms with Gasteiger partial charge in [0, 0.05) is 23.3 Å². The number of fused-ring (bicyclic) bond motifs is 1. The molecule has 106 valence electrons. The molecule has 0 bridgehead atoms. The summed E-state index contributed by atoms with van der Waals surface area (Å²) in [6.45, 7) is 0. The molecule has 4 aromatic rings. The van der Waals surface area contributed by atoms with Gasteiger partial charge in [-0.05, 0) is 24.3 Å². The highest BCUT2D eigenvalue weighted by Crippen LogP contribution is 2.19. The Morgan fingerprint density at radius 1 is 1.05 bits per heavy atom. The van der Waals surface area contributed by atoms with Gasteiger partial charge in [-0.2, -0.15) is 5.10 Å². The molecule has 0 aliphatic carbocycles. The van der Waals surface area contributed by atoms with E-state index in [0.717, 1.165) is 22.2 Å². The lowest BCUT2D eigenvalue weighted by molar-refractivity contribution is 0.881. The zero-order valence-electron chi connectivity index (χ0n) is 11.6. The molecule has 0 aliphatic heterocycles. The number of hydrogen-bond acceptors (Lipinski definition) is 3. The third-order valence-corrected chi connectivity index (χ3v) is 3.56. The Labute approximate surface area is 125 Å². The molecule has 0 aliphatic rings. The Morgan fingerprint density at radius 2 is 1.91 bits per heavy atom. The first-order valence-corrected chi connectivity index (χ1v) is 6.89. The standard InChI is InChI=1S/C17H12N4O/c22-17-15(8-12-6-7-18-10-16(12)20-17)13-9-19-21(11-13)14-4-2-1-3-5-14/h1-11H,(H,20,22). The first-order valence-electron chi connectivity index (χ1n) is 6.89. The van der Waals surface area contributed by atoms with Gasteiger partial charge < -0.3 is 4.98 Å². The second kappa shape index (κ2) is 4.96. The first kappa shape index (κ1) is 12.5. The van der Waals surface area contributed by atoms with Crippen molar-refractivity contribution in [2.75, 3.05) is 0 Å². The van der Waals surface area contributed by atoms with Gasteiger partial charge in [-0.25, -0.2) is 4.68 Å². The normalized spacial score (nSPS) is 10.9. The molecule has 0 radical (unpaired) electrons. The Hall–Kier alpha value is -3.21. The van der Waals surface area contributed by atoms with E-state index < -0.39 is 0 Å². The second-order valence-electron chi connectivity index (χ2n) is 4.98. The summed E-state index contributed by atoms with van der Waals surface area (Å²) in [6, 6.07) is 13.5. The third kappa shape index (κ3) is 2.09. The SMILES string of the molecule is O=c1[nH]c2cnccc2cc1-c1cnn(-c2ccccc2)c1. The highest BCUT2D eigenvalue weighted by atomic mass is 16.1. The van der Waals surface area contributed by atoms with E-state index in [1.807, 2.05) is 48.7 Å². The number of nitrogens with zero attached hydrogens (tertiary/aromatic N) is 3. The van der Waals surface area contributed by atoms with Crippen molar-refractivity contribution in [3.8, 4) is 16.8 Å². The summed E-state index contributed by atoms with van der Waals surface area (Å²) < 4.78 is 1.76. The van der Waals surface area contributed by atoms with Gasteiger partial charge in [0.15, 0.2) is 0 Å². The molecule has 0 atom stereocenters. The smallest absolute Gasteiger partial charge is 0.256 e. The van der Waals surface area contributed by atoms with Gasteiger partial charge in [0.1, 0.15) is 0 Å². The van der Waals surface area contributed by atoms with Crippen LogP contribution in [-0.4, -0.2) is 19.7 Å². The molecular formula is C17H12N4O. The Balaban J connectivity index is 1.84. The highest BCUT2D eigenvalue weighted by molar-refractivity contribution is 5.82. The minimum absolute atomic E-state index is 0.145. The van der Waals surface area contributed by atoms with Crippen molar-refractivity contribution in [3.63, 3.8) is 0 Å². The summed E-state index contributed by atoms with van der Waals surface area (Å²) in [4.78, 5) is 19.1. The van der Waals surface area contributed by atoms with Crippen molar-refractivity contribution in [2.24, 2.45) is 0 Å². The van der Waals surface area contributed by atoms with Crippen molar-refractivity contribution in [2.45, 2.75) is 0 Å². The van der Waals surface area contributed by atoms with Crippen LogP contribution in [-0.2, 0) is 0 Å². The van der Waals surface area contributed by atoms with Crippen LogP contribution < -0.4 is 5.56 Å². The fourth-order valence-electron chi connectivity index (χ4n) is 2.44. The third-order valence-electron chi connectivity index (χ3n) is 3.56. The lowest BCUT2D eigenvalue weighted by atomic mass is 10.1. The van der Waals surface area contributed by atoms with E-state index in [0.29, 0.717) is 5.56 Å². The van der Waals surface area contributed by atoms with E-state index in [9.17, 15) is 4.79 Å². The molecule has 0 saturated heterocycles. The van der Waals surface area contributed by atoms with Gasteiger partial charge in [-0.1, -0.05) is 18.2 Å². The largest absolute Gasteiger partial charge is 0.320 e. The summed E-state index contributed by atoms with van der Waals surface area (Å²) in [7, 11) is 0. The zero-order valence-corrected chi connectivity index (χ0v) is 11.6. The molecule has 5 nitrogen and oxygen atoms in total. The molecule has 0 unspecified atom stereocenters. The van der Waals surface area contributed by atoms with Gasteiger partial charge >= 0.3 is 0 Å². The van der Waals surface area contributed by atoms with E-state index in [1.165, 1.54) is 0 Å². The van der Waals surface area contributed by atoms with Crippen LogP contribution in [0.2, 0.25) is 0 Å². The van der Waals surface area contributed by atoms with Crippen LogP contribution >= 0.6 is 0 Å². The monoisotopic (exact) mass is 288 g/mol. The number of rotatable bonds is 2. The summed E-state index contributed by atoms with van der Waals surface area (Å²) in [5, 5.41) is 5.28. The van der Waals surface area contributed by atoms with E-state index in [1.54, 1.807) is 23.3 Å².